The van der Waals surface area contributed by atoms with Crippen molar-refractivity contribution in [2.24, 2.45) is 0 Å². The number of anilines is 2. The summed E-state index contributed by atoms with van der Waals surface area (Å²) in [7, 11) is 0. The normalized spacial score (nSPS) is 14.5. The number of nitrogens with zero attached hydrogens (tertiary/aromatic N) is 1. The topological polar surface area (TPSA) is 58.6 Å². The summed E-state index contributed by atoms with van der Waals surface area (Å²) in [5.41, 5.74) is 6.83. The van der Waals surface area contributed by atoms with Crippen LogP contribution in [0.15, 0.2) is 64.0 Å². The van der Waals surface area contributed by atoms with Crippen LogP contribution in [0.1, 0.15) is 27.8 Å². The van der Waals surface area contributed by atoms with Crippen molar-refractivity contribution in [3.8, 4) is 5.75 Å². The van der Waals surface area contributed by atoms with Gasteiger partial charge in [0.25, 0.3) is 11.8 Å². The van der Waals surface area contributed by atoms with Crippen molar-refractivity contribution in [2.75, 3.05) is 16.8 Å². The van der Waals surface area contributed by atoms with E-state index in [0.717, 1.165) is 38.0 Å². The molecule has 0 unspecified atom stereocenters. The Balaban J connectivity index is 1.38. The van der Waals surface area contributed by atoms with Crippen LogP contribution in [0.2, 0.25) is 0 Å². The molecule has 3 aromatic rings. The number of amides is 2. The van der Waals surface area contributed by atoms with E-state index in [4.69, 9.17) is 17.0 Å². The van der Waals surface area contributed by atoms with Gasteiger partial charge in [0.05, 0.1) is 16.3 Å². The quantitative estimate of drug-likeness (QED) is 0.249. The molecule has 1 heterocycles. The first-order chi connectivity index (χ1) is 17.1. The maximum atomic E-state index is 13.1. The van der Waals surface area contributed by atoms with Crippen molar-refractivity contribution in [1.29, 1.82) is 0 Å². The molecule has 0 spiro atoms. The molecule has 0 bridgehead atoms. The van der Waals surface area contributed by atoms with Gasteiger partial charge in [-0.3, -0.25) is 14.5 Å². The molecule has 3 aromatic carbocycles. The minimum absolute atomic E-state index is 0.118. The molecule has 1 fully saturated rings. The molecule has 0 aliphatic carbocycles. The Morgan fingerprint density at radius 3 is 2.36 bits per heavy atom. The number of aryl methyl sites for hydroxylation is 4. The Bertz CT molecular complexity index is 1400. The standard InChI is InChI=1S/C28H25BrN2O3S2/c1-16-5-8-21(11-17(16)2)31-27(33)25(36-28(31)35)14-20-6-9-22(10-7-20)34-15-26(32)30-24-13-19(4)18(3)12-23(24)29/h5-14H,15H2,1-4H3,(H,30,32). The highest BCUT2D eigenvalue weighted by molar-refractivity contribution is 9.10. The first kappa shape index (κ1) is 26.1. The van der Waals surface area contributed by atoms with Gasteiger partial charge in [0.2, 0.25) is 0 Å². The largest absolute Gasteiger partial charge is 0.484 e. The third-order valence-electron chi connectivity index (χ3n) is 5.95. The summed E-state index contributed by atoms with van der Waals surface area (Å²) in [4.78, 5) is 27.5. The number of carbonyl (C=O) groups is 2. The zero-order valence-corrected chi connectivity index (χ0v) is 23.6. The fraction of sp³-hybridized carbons (Fsp3) is 0.179. The molecular weight excluding hydrogens is 556 g/mol. The van der Waals surface area contributed by atoms with E-state index in [1.807, 2.05) is 76.2 Å². The average molecular weight is 582 g/mol. The number of carbonyl (C=O) groups excluding carboxylic acids is 2. The first-order valence-corrected chi connectivity index (χ1v) is 13.3. The van der Waals surface area contributed by atoms with Crippen molar-refractivity contribution in [2.45, 2.75) is 27.7 Å². The van der Waals surface area contributed by atoms with Crippen LogP contribution >= 0.6 is 39.9 Å². The maximum absolute atomic E-state index is 13.1. The van der Waals surface area contributed by atoms with Crippen LogP contribution in [0.4, 0.5) is 11.4 Å². The molecule has 0 radical (unpaired) electrons. The predicted octanol–water partition coefficient (Wildman–Crippen LogP) is 7.11. The van der Waals surface area contributed by atoms with E-state index in [9.17, 15) is 9.59 Å². The van der Waals surface area contributed by atoms with Crippen LogP contribution in [0.25, 0.3) is 6.08 Å². The summed E-state index contributed by atoms with van der Waals surface area (Å²) < 4.78 is 6.98. The van der Waals surface area contributed by atoms with Gasteiger partial charge >= 0.3 is 0 Å². The number of benzene rings is 3. The van der Waals surface area contributed by atoms with Gasteiger partial charge in [-0.2, -0.15) is 0 Å². The van der Waals surface area contributed by atoms with Gasteiger partial charge < -0.3 is 10.1 Å². The molecule has 0 atom stereocenters. The molecule has 2 amide bonds. The number of hydrogen-bond donors (Lipinski definition) is 1. The van der Waals surface area contributed by atoms with Crippen LogP contribution < -0.4 is 15.0 Å². The van der Waals surface area contributed by atoms with Crippen LogP contribution in [0, 0.1) is 27.7 Å². The number of halogens is 1. The highest BCUT2D eigenvalue weighted by atomic mass is 79.9. The molecule has 184 valence electrons. The number of nitrogens with one attached hydrogen (secondary N) is 1. The van der Waals surface area contributed by atoms with Crippen LogP contribution in [-0.4, -0.2) is 22.7 Å². The Kier molecular flexibility index (Phi) is 7.97. The van der Waals surface area contributed by atoms with Crippen LogP contribution in [0.3, 0.4) is 0 Å². The van der Waals surface area contributed by atoms with Gasteiger partial charge in [-0.25, -0.2) is 0 Å². The number of hydrogen-bond acceptors (Lipinski definition) is 5. The van der Waals surface area contributed by atoms with E-state index in [-0.39, 0.29) is 18.4 Å². The van der Waals surface area contributed by atoms with E-state index in [2.05, 4.69) is 21.2 Å². The fourth-order valence-corrected chi connectivity index (χ4v) is 5.43. The number of ether oxygens (including phenoxy) is 1. The lowest BCUT2D eigenvalue weighted by atomic mass is 10.1. The Hall–Kier alpha value is -2.94. The number of thiocarbonyl (C=S) groups is 1. The van der Waals surface area contributed by atoms with E-state index < -0.39 is 0 Å². The molecule has 1 aliphatic rings. The Morgan fingerprint density at radius 2 is 1.67 bits per heavy atom. The third-order valence-corrected chi connectivity index (χ3v) is 7.91. The average Bonchev–Trinajstić information content (AvgIpc) is 3.11. The van der Waals surface area contributed by atoms with Gasteiger partial charge in [-0.15, -0.1) is 0 Å². The van der Waals surface area contributed by atoms with Gasteiger partial charge in [0.1, 0.15) is 5.75 Å². The Morgan fingerprint density at radius 1 is 1.00 bits per heavy atom. The van der Waals surface area contributed by atoms with E-state index >= 15 is 0 Å². The van der Waals surface area contributed by atoms with Crippen LogP contribution in [0.5, 0.6) is 5.75 Å². The zero-order valence-electron chi connectivity index (χ0n) is 20.3. The lowest BCUT2D eigenvalue weighted by molar-refractivity contribution is -0.118. The zero-order chi connectivity index (χ0) is 26.0. The van der Waals surface area contributed by atoms with Crippen molar-refractivity contribution < 1.29 is 14.3 Å². The highest BCUT2D eigenvalue weighted by Gasteiger charge is 2.33. The molecule has 1 aliphatic heterocycles. The van der Waals surface area contributed by atoms with Gasteiger partial charge in [0.15, 0.2) is 10.9 Å². The second-order valence-corrected chi connectivity index (χ2v) is 11.1. The molecule has 1 saturated heterocycles. The minimum atomic E-state index is -0.252. The molecule has 0 saturated carbocycles. The van der Waals surface area contributed by atoms with Crippen molar-refractivity contribution in [3.05, 3.63) is 91.8 Å². The number of rotatable bonds is 6. The smallest absolute Gasteiger partial charge is 0.270 e. The van der Waals surface area contributed by atoms with Gasteiger partial charge in [0, 0.05) is 4.47 Å². The number of thioether (sulfide) groups is 1. The van der Waals surface area contributed by atoms with Crippen molar-refractivity contribution >= 4 is 73.5 Å². The molecule has 0 aromatic heterocycles. The molecule has 1 N–H and O–H groups in total. The maximum Gasteiger partial charge on any atom is 0.270 e. The van der Waals surface area contributed by atoms with Crippen molar-refractivity contribution in [3.63, 3.8) is 0 Å². The highest BCUT2D eigenvalue weighted by Crippen LogP contribution is 2.36. The molecular formula is C28H25BrN2O3S2. The van der Waals surface area contributed by atoms with Gasteiger partial charge in [-0.05, 0) is 114 Å². The molecule has 8 heteroatoms. The van der Waals surface area contributed by atoms with E-state index in [1.165, 1.54) is 11.8 Å². The van der Waals surface area contributed by atoms with Crippen LogP contribution in [-0.2, 0) is 9.59 Å². The summed E-state index contributed by atoms with van der Waals surface area (Å²) >= 11 is 10.3. The minimum Gasteiger partial charge on any atom is -0.484 e. The SMILES string of the molecule is Cc1ccc(N2C(=O)C(=Cc3ccc(OCC(=O)Nc4cc(C)c(C)cc4Br)cc3)SC2=S)cc1C. The second-order valence-electron chi connectivity index (χ2n) is 8.61. The summed E-state index contributed by atoms with van der Waals surface area (Å²) in [5.74, 6) is 0.171. The summed E-state index contributed by atoms with van der Waals surface area (Å²) in [6, 6.07) is 17.0. The fourth-order valence-electron chi connectivity index (χ4n) is 3.58. The summed E-state index contributed by atoms with van der Waals surface area (Å²) in [6.45, 7) is 7.95. The van der Waals surface area contributed by atoms with E-state index in [1.54, 1.807) is 17.0 Å². The monoisotopic (exact) mass is 580 g/mol. The molecule has 5 nitrogen and oxygen atoms in total. The Labute approximate surface area is 229 Å². The van der Waals surface area contributed by atoms with Crippen molar-refractivity contribution in [1.82, 2.24) is 0 Å². The lowest BCUT2D eigenvalue weighted by Gasteiger charge is -2.15. The van der Waals surface area contributed by atoms with Gasteiger partial charge in [-0.1, -0.05) is 42.2 Å². The molecule has 4 rings (SSSR count). The second kappa shape index (κ2) is 11.0. The van der Waals surface area contributed by atoms with E-state index in [0.29, 0.717) is 20.7 Å². The summed E-state index contributed by atoms with van der Waals surface area (Å²) in [6.07, 6.45) is 1.81. The lowest BCUT2D eigenvalue weighted by Crippen LogP contribution is -2.27. The molecule has 36 heavy (non-hydrogen) atoms. The predicted molar refractivity (Wildman–Crippen MR) is 156 cm³/mol. The third kappa shape index (κ3) is 5.88. The first-order valence-electron chi connectivity index (χ1n) is 11.3. The summed E-state index contributed by atoms with van der Waals surface area (Å²) in [5, 5.41) is 2.86.